The van der Waals surface area contributed by atoms with Gasteiger partial charge >= 0.3 is 0 Å². The lowest BCUT2D eigenvalue weighted by Gasteiger charge is -2.24. The SMILES string of the molecule is NC(N)=Nc1cccc(NC(=O)c2cc3ccc(F)cc3nc2N2CCCC(F)(F)CC2)c1. The van der Waals surface area contributed by atoms with Crippen LogP contribution in [0.25, 0.3) is 10.9 Å². The number of nitrogens with two attached hydrogens (primary N) is 2. The van der Waals surface area contributed by atoms with E-state index in [1.165, 1.54) is 18.2 Å². The number of guanidine groups is 1. The van der Waals surface area contributed by atoms with Crippen molar-refractivity contribution in [3.8, 4) is 0 Å². The van der Waals surface area contributed by atoms with Gasteiger partial charge in [-0.3, -0.25) is 4.79 Å². The molecule has 2 heterocycles. The smallest absolute Gasteiger partial charge is 0.259 e. The van der Waals surface area contributed by atoms with E-state index in [9.17, 15) is 18.0 Å². The first-order valence-electron chi connectivity index (χ1n) is 10.4. The van der Waals surface area contributed by atoms with Crippen molar-refractivity contribution in [2.24, 2.45) is 16.5 Å². The van der Waals surface area contributed by atoms with E-state index in [0.29, 0.717) is 28.8 Å². The number of rotatable bonds is 4. The molecule has 0 radical (unpaired) electrons. The Bertz CT molecular complexity index is 1230. The summed E-state index contributed by atoms with van der Waals surface area (Å²) >= 11 is 0. The molecule has 1 aliphatic heterocycles. The van der Waals surface area contributed by atoms with Crippen LogP contribution < -0.4 is 21.7 Å². The van der Waals surface area contributed by atoms with Crippen LogP contribution in [0.15, 0.2) is 53.5 Å². The van der Waals surface area contributed by atoms with E-state index in [0.717, 1.165) is 0 Å². The monoisotopic (exact) mass is 456 g/mol. The van der Waals surface area contributed by atoms with Crippen LogP contribution in [0.2, 0.25) is 0 Å². The third-order valence-electron chi connectivity index (χ3n) is 5.38. The maximum atomic E-state index is 13.9. The fraction of sp³-hybridized carbons (Fsp3) is 0.261. The van der Waals surface area contributed by atoms with E-state index < -0.39 is 17.6 Å². The first kappa shape index (κ1) is 22.4. The quantitative estimate of drug-likeness (QED) is 0.404. The van der Waals surface area contributed by atoms with Crippen LogP contribution in [-0.2, 0) is 0 Å². The summed E-state index contributed by atoms with van der Waals surface area (Å²) in [5, 5.41) is 3.34. The minimum Gasteiger partial charge on any atom is -0.370 e. The van der Waals surface area contributed by atoms with Gasteiger partial charge in [0, 0.05) is 43.1 Å². The number of fused-ring (bicyclic) bond motifs is 1. The zero-order valence-electron chi connectivity index (χ0n) is 17.7. The maximum Gasteiger partial charge on any atom is 0.259 e. The van der Waals surface area contributed by atoms with Crippen molar-refractivity contribution in [1.82, 2.24) is 4.98 Å². The Morgan fingerprint density at radius 3 is 2.70 bits per heavy atom. The van der Waals surface area contributed by atoms with E-state index in [-0.39, 0.29) is 43.1 Å². The molecule has 3 aromatic rings. The molecule has 0 saturated carbocycles. The van der Waals surface area contributed by atoms with Crippen molar-refractivity contribution in [2.75, 3.05) is 23.3 Å². The van der Waals surface area contributed by atoms with Crippen LogP contribution in [0, 0.1) is 5.82 Å². The number of aliphatic imine (C=N–C) groups is 1. The second kappa shape index (κ2) is 8.97. The summed E-state index contributed by atoms with van der Waals surface area (Å²) in [6, 6.07) is 12.2. The van der Waals surface area contributed by atoms with E-state index in [1.54, 1.807) is 35.2 Å². The van der Waals surface area contributed by atoms with E-state index >= 15 is 0 Å². The molecule has 1 fully saturated rings. The predicted octanol–water partition coefficient (Wildman–Crippen LogP) is 4.16. The molecular formula is C23H23F3N6O. The van der Waals surface area contributed by atoms with Crippen molar-refractivity contribution in [2.45, 2.75) is 25.2 Å². The number of nitrogens with zero attached hydrogens (tertiary/aromatic N) is 3. The van der Waals surface area contributed by atoms with Crippen LogP contribution >= 0.6 is 0 Å². The number of carbonyl (C=O) groups is 1. The predicted molar refractivity (Wildman–Crippen MR) is 123 cm³/mol. The number of carbonyl (C=O) groups excluding carboxylic acids is 1. The average molecular weight is 456 g/mol. The Kier molecular flexibility index (Phi) is 6.08. The highest BCUT2D eigenvalue weighted by molar-refractivity contribution is 6.09. The number of halogens is 3. The number of anilines is 2. The van der Waals surface area contributed by atoms with Gasteiger partial charge in [-0.2, -0.15) is 0 Å². The van der Waals surface area contributed by atoms with Crippen molar-refractivity contribution < 1.29 is 18.0 Å². The molecule has 7 nitrogen and oxygen atoms in total. The zero-order chi connectivity index (χ0) is 23.6. The maximum absolute atomic E-state index is 13.9. The second-order valence-electron chi connectivity index (χ2n) is 7.93. The number of alkyl halides is 2. The van der Waals surface area contributed by atoms with Crippen LogP contribution in [0.3, 0.4) is 0 Å². The summed E-state index contributed by atoms with van der Waals surface area (Å²) in [5.74, 6) is -3.61. The third kappa shape index (κ3) is 5.33. The van der Waals surface area contributed by atoms with Crippen LogP contribution in [0.5, 0.6) is 0 Å². The largest absolute Gasteiger partial charge is 0.370 e. The molecule has 0 unspecified atom stereocenters. The Morgan fingerprint density at radius 2 is 1.91 bits per heavy atom. The first-order valence-corrected chi connectivity index (χ1v) is 10.4. The van der Waals surface area contributed by atoms with Gasteiger partial charge in [-0.15, -0.1) is 0 Å². The van der Waals surface area contributed by atoms with Gasteiger partial charge in [0.1, 0.15) is 11.6 Å². The molecular weight excluding hydrogens is 433 g/mol. The topological polar surface area (TPSA) is 110 Å². The molecule has 10 heteroatoms. The Morgan fingerprint density at radius 1 is 1.09 bits per heavy atom. The molecule has 4 rings (SSSR count). The Balaban J connectivity index is 1.72. The van der Waals surface area contributed by atoms with Crippen LogP contribution in [-0.4, -0.2) is 35.9 Å². The summed E-state index contributed by atoms with van der Waals surface area (Å²) < 4.78 is 41.7. The molecule has 172 valence electrons. The summed E-state index contributed by atoms with van der Waals surface area (Å²) in [6.07, 6.45) is -0.334. The normalized spacial score (nSPS) is 15.7. The fourth-order valence-corrected chi connectivity index (χ4v) is 3.81. The zero-order valence-corrected chi connectivity index (χ0v) is 17.7. The molecule has 1 aliphatic rings. The summed E-state index contributed by atoms with van der Waals surface area (Å²) in [6.45, 7) is 0.338. The summed E-state index contributed by atoms with van der Waals surface area (Å²) in [4.78, 5) is 23.4. The molecule has 33 heavy (non-hydrogen) atoms. The summed E-state index contributed by atoms with van der Waals surface area (Å²) in [7, 11) is 0. The summed E-state index contributed by atoms with van der Waals surface area (Å²) in [5.41, 5.74) is 12.3. The lowest BCUT2D eigenvalue weighted by atomic mass is 10.1. The molecule has 0 atom stereocenters. The van der Waals surface area contributed by atoms with Crippen molar-refractivity contribution in [3.63, 3.8) is 0 Å². The number of amides is 1. The standard InChI is InChI=1S/C23H23F3N6O/c24-15-6-5-14-11-18(21(33)29-16-3-1-4-17(13-16)30-22(27)28)20(31-19(14)12-15)32-9-2-7-23(25,26)8-10-32/h1,3-6,11-13H,2,7-10H2,(H,29,33)(H4,27,28,30). The molecule has 1 aromatic heterocycles. The van der Waals surface area contributed by atoms with Gasteiger partial charge in [-0.25, -0.2) is 23.1 Å². The molecule has 5 N–H and O–H groups in total. The van der Waals surface area contributed by atoms with Gasteiger partial charge in [-0.05, 0) is 42.8 Å². The highest BCUT2D eigenvalue weighted by Crippen LogP contribution is 2.32. The van der Waals surface area contributed by atoms with Crippen LogP contribution in [0.1, 0.15) is 29.6 Å². The first-order chi connectivity index (χ1) is 15.7. The van der Waals surface area contributed by atoms with Gasteiger partial charge in [0.05, 0.1) is 16.8 Å². The molecule has 1 saturated heterocycles. The molecule has 1 amide bonds. The molecule has 0 aliphatic carbocycles. The lowest BCUT2D eigenvalue weighted by Crippen LogP contribution is -2.29. The van der Waals surface area contributed by atoms with Crippen molar-refractivity contribution >= 4 is 40.0 Å². The van der Waals surface area contributed by atoms with Gasteiger partial charge in [0.25, 0.3) is 5.91 Å². The van der Waals surface area contributed by atoms with E-state index in [2.05, 4.69) is 15.3 Å². The molecule has 0 bridgehead atoms. The number of nitrogens with one attached hydrogen (secondary N) is 1. The third-order valence-corrected chi connectivity index (χ3v) is 5.38. The minimum absolute atomic E-state index is 0.0288. The van der Waals surface area contributed by atoms with E-state index in [4.69, 9.17) is 11.5 Å². The van der Waals surface area contributed by atoms with Crippen LogP contribution in [0.4, 0.5) is 30.4 Å². The van der Waals surface area contributed by atoms with Gasteiger partial charge in [0.2, 0.25) is 5.92 Å². The number of hydrogen-bond donors (Lipinski definition) is 3. The number of pyridine rings is 1. The van der Waals surface area contributed by atoms with Crippen molar-refractivity contribution in [3.05, 3.63) is 59.9 Å². The van der Waals surface area contributed by atoms with Gasteiger partial charge in [-0.1, -0.05) is 6.07 Å². The van der Waals surface area contributed by atoms with E-state index in [1.807, 2.05) is 0 Å². The number of hydrogen-bond acceptors (Lipinski definition) is 4. The van der Waals surface area contributed by atoms with Gasteiger partial charge < -0.3 is 21.7 Å². The highest BCUT2D eigenvalue weighted by Gasteiger charge is 2.33. The number of aromatic nitrogens is 1. The van der Waals surface area contributed by atoms with Gasteiger partial charge in [0.15, 0.2) is 5.96 Å². The lowest BCUT2D eigenvalue weighted by molar-refractivity contribution is -0.0102. The van der Waals surface area contributed by atoms with Crippen molar-refractivity contribution in [1.29, 1.82) is 0 Å². The fourth-order valence-electron chi connectivity index (χ4n) is 3.81. The molecule has 2 aromatic carbocycles. The second-order valence-corrected chi connectivity index (χ2v) is 7.93. The number of benzene rings is 2. The highest BCUT2D eigenvalue weighted by atomic mass is 19.3. The Labute approximate surface area is 188 Å². The minimum atomic E-state index is -2.77. The Hall–Kier alpha value is -3.82. The molecule has 0 spiro atoms. The average Bonchev–Trinajstić information content (AvgIpc) is 2.93.